The van der Waals surface area contributed by atoms with Crippen LogP contribution in [0.15, 0.2) is 65.2 Å². The van der Waals surface area contributed by atoms with E-state index in [1.165, 1.54) is 22.4 Å². The summed E-state index contributed by atoms with van der Waals surface area (Å²) in [5, 5.41) is 5.15. The van der Waals surface area contributed by atoms with Gasteiger partial charge < -0.3 is 18.9 Å². The van der Waals surface area contributed by atoms with E-state index in [0.717, 1.165) is 41.3 Å². The second-order valence-electron chi connectivity index (χ2n) is 8.20. The minimum absolute atomic E-state index is 0.201. The standard InChI is InChI=1S/C25H22N2O3/c1-16-19-11-24-21(12-23(19)30-26-16)25(15-29-24)14-27(22-6-4-3-5-20(22)25)13-17-7-9-18(28-2)10-8-17/h3-12H,13-15H2,1-2H3. The molecule has 1 spiro atoms. The van der Waals surface area contributed by atoms with Crippen LogP contribution in [0.25, 0.3) is 11.0 Å². The molecule has 1 unspecified atom stereocenters. The predicted octanol–water partition coefficient (Wildman–Crippen LogP) is 4.84. The number of ether oxygens (including phenoxy) is 2. The zero-order valence-electron chi connectivity index (χ0n) is 17.0. The van der Waals surface area contributed by atoms with Crippen LogP contribution in [0.3, 0.4) is 0 Å². The van der Waals surface area contributed by atoms with E-state index in [4.69, 9.17) is 14.0 Å². The van der Waals surface area contributed by atoms with Crippen LogP contribution in [0.4, 0.5) is 5.69 Å². The van der Waals surface area contributed by atoms with Crippen LogP contribution in [0.1, 0.15) is 22.4 Å². The summed E-state index contributed by atoms with van der Waals surface area (Å²) in [6, 6.07) is 21.2. The van der Waals surface area contributed by atoms with Crippen molar-refractivity contribution in [1.29, 1.82) is 0 Å². The third kappa shape index (κ3) is 2.38. The number of nitrogens with zero attached hydrogens (tertiary/aromatic N) is 2. The maximum Gasteiger partial charge on any atom is 0.167 e. The minimum Gasteiger partial charge on any atom is -0.497 e. The molecule has 0 bridgehead atoms. The van der Waals surface area contributed by atoms with Gasteiger partial charge in [-0.2, -0.15) is 0 Å². The minimum atomic E-state index is -0.201. The lowest BCUT2D eigenvalue weighted by molar-refractivity contribution is 0.299. The molecule has 1 atom stereocenters. The van der Waals surface area contributed by atoms with Gasteiger partial charge >= 0.3 is 0 Å². The number of para-hydroxylation sites is 1. The average Bonchev–Trinajstić information content (AvgIpc) is 3.43. The lowest BCUT2D eigenvalue weighted by Gasteiger charge is -2.25. The number of methoxy groups -OCH3 is 1. The van der Waals surface area contributed by atoms with Crippen molar-refractivity contribution < 1.29 is 14.0 Å². The van der Waals surface area contributed by atoms with Crippen molar-refractivity contribution >= 4 is 16.7 Å². The van der Waals surface area contributed by atoms with E-state index >= 15 is 0 Å². The van der Waals surface area contributed by atoms with E-state index in [1.807, 2.05) is 19.1 Å². The summed E-state index contributed by atoms with van der Waals surface area (Å²) in [7, 11) is 1.69. The number of hydrogen-bond acceptors (Lipinski definition) is 5. The molecule has 0 aliphatic carbocycles. The molecular formula is C25H22N2O3. The van der Waals surface area contributed by atoms with Crippen molar-refractivity contribution in [2.45, 2.75) is 18.9 Å². The largest absolute Gasteiger partial charge is 0.497 e. The van der Waals surface area contributed by atoms with Crippen molar-refractivity contribution in [3.63, 3.8) is 0 Å². The summed E-state index contributed by atoms with van der Waals surface area (Å²) >= 11 is 0. The van der Waals surface area contributed by atoms with Gasteiger partial charge in [-0.1, -0.05) is 35.5 Å². The zero-order chi connectivity index (χ0) is 20.3. The Morgan fingerprint density at radius 2 is 1.90 bits per heavy atom. The maximum absolute atomic E-state index is 6.24. The summed E-state index contributed by atoms with van der Waals surface area (Å²) < 4.78 is 17.1. The summed E-state index contributed by atoms with van der Waals surface area (Å²) in [5.41, 5.74) is 6.53. The average molecular weight is 398 g/mol. The van der Waals surface area contributed by atoms with E-state index in [1.54, 1.807) is 7.11 Å². The van der Waals surface area contributed by atoms with Crippen molar-refractivity contribution in [2.75, 3.05) is 25.2 Å². The van der Waals surface area contributed by atoms with Gasteiger partial charge in [0.05, 0.1) is 18.2 Å². The van der Waals surface area contributed by atoms with Crippen LogP contribution < -0.4 is 14.4 Å². The van der Waals surface area contributed by atoms with E-state index in [9.17, 15) is 0 Å². The molecule has 2 aliphatic rings. The lowest BCUT2D eigenvalue weighted by atomic mass is 9.77. The highest BCUT2D eigenvalue weighted by Gasteiger charge is 2.50. The summed E-state index contributed by atoms with van der Waals surface area (Å²) in [5.74, 6) is 1.82. The summed E-state index contributed by atoms with van der Waals surface area (Å²) in [6.07, 6.45) is 0. The van der Waals surface area contributed by atoms with E-state index in [2.05, 4.69) is 58.6 Å². The SMILES string of the molecule is COc1ccc(CN2CC3(COc4cc5c(C)noc5cc43)c3ccccc32)cc1. The first-order valence-corrected chi connectivity index (χ1v) is 10.2. The van der Waals surface area contributed by atoms with Gasteiger partial charge in [0.15, 0.2) is 5.58 Å². The summed E-state index contributed by atoms with van der Waals surface area (Å²) in [4.78, 5) is 2.45. The van der Waals surface area contributed by atoms with Gasteiger partial charge in [-0.3, -0.25) is 0 Å². The van der Waals surface area contributed by atoms with Gasteiger partial charge in [0.25, 0.3) is 0 Å². The van der Waals surface area contributed by atoms with Crippen LogP contribution in [0, 0.1) is 6.92 Å². The Bertz CT molecular complexity index is 1260. The molecule has 0 radical (unpaired) electrons. The Kier molecular flexibility index (Phi) is 3.63. The molecule has 0 saturated carbocycles. The molecule has 30 heavy (non-hydrogen) atoms. The van der Waals surface area contributed by atoms with Crippen LogP contribution in [-0.4, -0.2) is 25.4 Å². The molecule has 0 N–H and O–H groups in total. The highest BCUT2D eigenvalue weighted by atomic mass is 16.5. The van der Waals surface area contributed by atoms with Crippen LogP contribution in [0.2, 0.25) is 0 Å². The third-order valence-electron chi connectivity index (χ3n) is 6.50. The van der Waals surface area contributed by atoms with Crippen LogP contribution in [-0.2, 0) is 12.0 Å². The van der Waals surface area contributed by atoms with E-state index < -0.39 is 0 Å². The van der Waals surface area contributed by atoms with E-state index in [0.29, 0.717) is 6.61 Å². The Balaban J connectivity index is 1.43. The highest BCUT2D eigenvalue weighted by Crippen LogP contribution is 2.52. The number of rotatable bonds is 3. The molecule has 5 nitrogen and oxygen atoms in total. The number of hydrogen-bond donors (Lipinski definition) is 0. The molecule has 0 amide bonds. The van der Waals surface area contributed by atoms with Crippen LogP contribution in [0.5, 0.6) is 11.5 Å². The van der Waals surface area contributed by atoms with Gasteiger partial charge in [-0.15, -0.1) is 0 Å². The van der Waals surface area contributed by atoms with Gasteiger partial charge in [-0.05, 0) is 48.4 Å². The quantitative estimate of drug-likeness (QED) is 0.494. The van der Waals surface area contributed by atoms with Crippen molar-refractivity contribution in [3.05, 3.63) is 83.0 Å². The molecule has 0 fully saturated rings. The maximum atomic E-state index is 6.24. The topological polar surface area (TPSA) is 47.7 Å². The monoisotopic (exact) mass is 398 g/mol. The lowest BCUT2D eigenvalue weighted by Crippen LogP contribution is -2.35. The Morgan fingerprint density at radius 1 is 1.07 bits per heavy atom. The fourth-order valence-electron chi connectivity index (χ4n) is 4.95. The molecule has 150 valence electrons. The smallest absolute Gasteiger partial charge is 0.167 e. The highest BCUT2D eigenvalue weighted by molar-refractivity contribution is 5.84. The number of aromatic nitrogens is 1. The Hall–Kier alpha value is -3.47. The first-order chi connectivity index (χ1) is 14.7. The number of anilines is 1. The molecule has 4 aromatic rings. The second-order valence-corrected chi connectivity index (χ2v) is 8.20. The number of fused-ring (bicyclic) bond motifs is 5. The number of aryl methyl sites for hydroxylation is 1. The van der Waals surface area contributed by atoms with Gasteiger partial charge in [0.1, 0.15) is 18.1 Å². The first-order valence-electron chi connectivity index (χ1n) is 10.2. The molecule has 2 aliphatic heterocycles. The third-order valence-corrected chi connectivity index (χ3v) is 6.50. The molecule has 5 heteroatoms. The zero-order valence-corrected chi connectivity index (χ0v) is 17.0. The van der Waals surface area contributed by atoms with Crippen molar-refractivity contribution in [3.8, 4) is 11.5 Å². The molecule has 3 heterocycles. The van der Waals surface area contributed by atoms with Gasteiger partial charge in [0, 0.05) is 29.7 Å². The molecule has 6 rings (SSSR count). The van der Waals surface area contributed by atoms with Gasteiger partial charge in [-0.25, -0.2) is 0 Å². The Morgan fingerprint density at radius 3 is 2.73 bits per heavy atom. The molecule has 3 aromatic carbocycles. The fraction of sp³-hybridized carbons (Fsp3) is 0.240. The normalized spacial score (nSPS) is 19.2. The fourth-order valence-corrected chi connectivity index (χ4v) is 4.95. The van der Waals surface area contributed by atoms with Crippen molar-refractivity contribution in [1.82, 2.24) is 5.16 Å². The molecule has 1 aromatic heterocycles. The van der Waals surface area contributed by atoms with E-state index in [-0.39, 0.29) is 5.41 Å². The van der Waals surface area contributed by atoms with Gasteiger partial charge in [0.2, 0.25) is 0 Å². The number of benzene rings is 3. The summed E-state index contributed by atoms with van der Waals surface area (Å²) in [6.45, 7) is 4.30. The molecular weight excluding hydrogens is 376 g/mol. The van der Waals surface area contributed by atoms with Crippen molar-refractivity contribution in [2.24, 2.45) is 0 Å². The molecule has 0 saturated heterocycles. The predicted molar refractivity (Wildman–Crippen MR) is 116 cm³/mol. The second kappa shape index (κ2) is 6.26. The Labute approximate surface area is 174 Å². The van der Waals surface area contributed by atoms with Crippen LogP contribution >= 0.6 is 0 Å². The first kappa shape index (κ1) is 17.4.